The molecule has 0 radical (unpaired) electrons. The lowest BCUT2D eigenvalue weighted by Crippen LogP contribution is -2.34. The Morgan fingerprint density at radius 1 is 1.25 bits per heavy atom. The van der Waals surface area contributed by atoms with Crippen LogP contribution in [-0.2, 0) is 9.84 Å². The molecule has 0 bridgehead atoms. The Hall–Kier alpha value is -0.870. The lowest BCUT2D eigenvalue weighted by atomic mass is 9.94. The van der Waals surface area contributed by atoms with Crippen molar-refractivity contribution in [3.05, 3.63) is 35.9 Å². The molecule has 1 aliphatic heterocycles. The fraction of sp³-hybridized carbons (Fsp3) is 0.500. The quantitative estimate of drug-likeness (QED) is 0.861. The van der Waals surface area contributed by atoms with E-state index in [-0.39, 0.29) is 23.5 Å². The van der Waals surface area contributed by atoms with E-state index in [2.05, 4.69) is 5.32 Å². The van der Waals surface area contributed by atoms with E-state index >= 15 is 0 Å². The van der Waals surface area contributed by atoms with Crippen LogP contribution in [0.4, 0.5) is 0 Å². The van der Waals surface area contributed by atoms with E-state index in [1.165, 1.54) is 0 Å². The lowest BCUT2D eigenvalue weighted by molar-refractivity contribution is 0.522. The topological polar surface area (TPSA) is 46.2 Å². The van der Waals surface area contributed by atoms with E-state index in [4.69, 9.17) is 0 Å². The molecule has 1 N–H and O–H groups in total. The van der Waals surface area contributed by atoms with Crippen LogP contribution in [-0.4, -0.2) is 32.5 Å². The maximum absolute atomic E-state index is 11.7. The van der Waals surface area contributed by atoms with Gasteiger partial charge >= 0.3 is 0 Å². The van der Waals surface area contributed by atoms with Crippen molar-refractivity contribution in [2.75, 3.05) is 18.1 Å². The highest BCUT2D eigenvalue weighted by Crippen LogP contribution is 2.29. The molecule has 1 aromatic carbocycles. The predicted molar refractivity (Wildman–Crippen MR) is 65.3 cm³/mol. The zero-order valence-corrected chi connectivity index (χ0v) is 10.2. The molecule has 3 nitrogen and oxygen atoms in total. The van der Waals surface area contributed by atoms with Gasteiger partial charge in [-0.3, -0.25) is 0 Å². The van der Waals surface area contributed by atoms with E-state index in [9.17, 15) is 8.42 Å². The van der Waals surface area contributed by atoms with Gasteiger partial charge in [0.25, 0.3) is 0 Å². The van der Waals surface area contributed by atoms with Crippen molar-refractivity contribution in [2.45, 2.75) is 18.9 Å². The third-order valence-electron chi connectivity index (χ3n) is 3.05. The first-order chi connectivity index (χ1) is 7.62. The zero-order chi connectivity index (χ0) is 11.6. The summed E-state index contributed by atoms with van der Waals surface area (Å²) in [6.07, 6.45) is 0. The smallest absolute Gasteiger partial charge is 0.152 e. The molecule has 0 aliphatic carbocycles. The molecule has 1 heterocycles. The second kappa shape index (κ2) is 4.55. The van der Waals surface area contributed by atoms with Crippen LogP contribution in [0, 0.1) is 0 Å². The summed E-state index contributed by atoms with van der Waals surface area (Å²) in [5, 5.41) is 3.27. The van der Waals surface area contributed by atoms with Crippen molar-refractivity contribution in [1.29, 1.82) is 0 Å². The molecule has 0 amide bonds. The van der Waals surface area contributed by atoms with Gasteiger partial charge in [0.15, 0.2) is 9.84 Å². The Kier molecular flexibility index (Phi) is 3.30. The van der Waals surface area contributed by atoms with Crippen LogP contribution in [0.3, 0.4) is 0 Å². The minimum absolute atomic E-state index is 0.0670. The fourth-order valence-corrected chi connectivity index (χ4v) is 4.34. The van der Waals surface area contributed by atoms with Gasteiger partial charge in [0.05, 0.1) is 11.5 Å². The van der Waals surface area contributed by atoms with Gasteiger partial charge in [-0.1, -0.05) is 37.3 Å². The van der Waals surface area contributed by atoms with Gasteiger partial charge in [0, 0.05) is 12.0 Å². The van der Waals surface area contributed by atoms with E-state index in [0.717, 1.165) is 12.1 Å². The van der Waals surface area contributed by atoms with Gasteiger partial charge in [0.2, 0.25) is 0 Å². The molecule has 2 unspecified atom stereocenters. The highest BCUT2D eigenvalue weighted by atomic mass is 32.2. The molecule has 1 aromatic rings. The number of rotatable bonds is 3. The number of benzene rings is 1. The van der Waals surface area contributed by atoms with Gasteiger partial charge in [-0.05, 0) is 12.1 Å². The van der Waals surface area contributed by atoms with Gasteiger partial charge in [-0.15, -0.1) is 0 Å². The molecule has 2 rings (SSSR count). The van der Waals surface area contributed by atoms with Crippen LogP contribution in [0.25, 0.3) is 0 Å². The van der Waals surface area contributed by atoms with Crippen molar-refractivity contribution in [1.82, 2.24) is 5.32 Å². The monoisotopic (exact) mass is 239 g/mol. The van der Waals surface area contributed by atoms with Gasteiger partial charge < -0.3 is 5.32 Å². The van der Waals surface area contributed by atoms with E-state index < -0.39 is 9.84 Å². The average Bonchev–Trinajstić information content (AvgIpc) is 2.56. The third-order valence-corrected chi connectivity index (χ3v) is 4.78. The van der Waals surface area contributed by atoms with Gasteiger partial charge in [0.1, 0.15) is 0 Å². The Morgan fingerprint density at radius 3 is 2.56 bits per heavy atom. The molecule has 1 aliphatic rings. The van der Waals surface area contributed by atoms with Crippen molar-refractivity contribution in [3.8, 4) is 0 Å². The summed E-state index contributed by atoms with van der Waals surface area (Å²) in [4.78, 5) is 0. The number of likely N-dealkylation sites (N-methyl/N-ethyl adjacent to an activating group) is 1. The first kappa shape index (κ1) is 11.6. The minimum Gasteiger partial charge on any atom is -0.313 e. The van der Waals surface area contributed by atoms with Crippen molar-refractivity contribution in [2.24, 2.45) is 0 Å². The molecule has 1 saturated heterocycles. The summed E-state index contributed by atoms with van der Waals surface area (Å²) in [6.45, 7) is 2.82. The molecular formula is C12H17NO2S. The van der Waals surface area contributed by atoms with Crippen LogP contribution in [0.15, 0.2) is 30.3 Å². The SMILES string of the molecule is CCNC1CS(=O)(=O)CC1c1ccccc1. The third kappa shape index (κ3) is 2.44. The summed E-state index contributed by atoms with van der Waals surface area (Å²) in [7, 11) is -2.88. The molecule has 88 valence electrons. The molecular weight excluding hydrogens is 222 g/mol. The van der Waals surface area contributed by atoms with Gasteiger partial charge in [-0.25, -0.2) is 8.42 Å². The average molecular weight is 239 g/mol. The minimum atomic E-state index is -2.88. The van der Waals surface area contributed by atoms with E-state index in [1.807, 2.05) is 37.3 Å². The second-order valence-electron chi connectivity index (χ2n) is 4.26. The van der Waals surface area contributed by atoms with Crippen LogP contribution in [0.1, 0.15) is 18.4 Å². The van der Waals surface area contributed by atoms with Crippen LogP contribution in [0.5, 0.6) is 0 Å². The fourth-order valence-electron chi connectivity index (χ4n) is 2.34. The Labute approximate surface area is 96.8 Å². The summed E-state index contributed by atoms with van der Waals surface area (Å²) >= 11 is 0. The molecule has 0 aromatic heterocycles. The van der Waals surface area contributed by atoms with Gasteiger partial charge in [-0.2, -0.15) is 0 Å². The maximum Gasteiger partial charge on any atom is 0.152 e. The largest absolute Gasteiger partial charge is 0.313 e. The Balaban J connectivity index is 2.26. The van der Waals surface area contributed by atoms with E-state index in [0.29, 0.717) is 0 Å². The number of sulfone groups is 1. The number of nitrogens with one attached hydrogen (secondary N) is 1. The van der Waals surface area contributed by atoms with Crippen LogP contribution < -0.4 is 5.32 Å². The highest BCUT2D eigenvalue weighted by Gasteiger charge is 2.37. The van der Waals surface area contributed by atoms with Crippen molar-refractivity contribution < 1.29 is 8.42 Å². The van der Waals surface area contributed by atoms with Crippen molar-refractivity contribution in [3.63, 3.8) is 0 Å². The summed E-state index contributed by atoms with van der Waals surface area (Å²) in [5.74, 6) is 0.640. The molecule has 16 heavy (non-hydrogen) atoms. The normalized spacial score (nSPS) is 28.1. The molecule has 4 heteroatoms. The summed E-state index contributed by atoms with van der Waals surface area (Å²) < 4.78 is 23.3. The summed E-state index contributed by atoms with van der Waals surface area (Å²) in [6, 6.07) is 9.96. The van der Waals surface area contributed by atoms with Crippen LogP contribution in [0.2, 0.25) is 0 Å². The van der Waals surface area contributed by atoms with Crippen molar-refractivity contribution >= 4 is 9.84 Å². The van der Waals surface area contributed by atoms with E-state index in [1.54, 1.807) is 0 Å². The summed E-state index contributed by atoms with van der Waals surface area (Å²) in [5.41, 5.74) is 1.12. The molecule has 0 spiro atoms. The second-order valence-corrected chi connectivity index (χ2v) is 6.41. The predicted octanol–water partition coefficient (Wildman–Crippen LogP) is 1.18. The zero-order valence-electron chi connectivity index (χ0n) is 9.39. The lowest BCUT2D eigenvalue weighted by Gasteiger charge is -2.18. The first-order valence-corrected chi connectivity index (χ1v) is 7.43. The number of hydrogen-bond acceptors (Lipinski definition) is 3. The Bertz CT molecular complexity index is 441. The standard InChI is InChI=1S/C12H17NO2S/c1-2-13-12-9-16(14,15)8-11(12)10-6-4-3-5-7-10/h3-7,11-13H,2,8-9H2,1H3. The number of hydrogen-bond donors (Lipinski definition) is 1. The Morgan fingerprint density at radius 2 is 1.94 bits per heavy atom. The molecule has 2 atom stereocenters. The first-order valence-electron chi connectivity index (χ1n) is 5.61. The molecule has 0 saturated carbocycles. The molecule has 1 fully saturated rings. The van der Waals surface area contributed by atoms with Crippen LogP contribution >= 0.6 is 0 Å². The maximum atomic E-state index is 11.7. The highest BCUT2D eigenvalue weighted by molar-refractivity contribution is 7.91.